The van der Waals surface area contributed by atoms with Crippen LogP contribution >= 0.6 is 0 Å². The summed E-state index contributed by atoms with van der Waals surface area (Å²) in [5.41, 5.74) is 9.76. The average molecular weight is 327 g/mol. The maximum absolute atomic E-state index is 9.56. The zero-order valence-corrected chi connectivity index (χ0v) is 14.3. The highest BCUT2D eigenvalue weighted by Gasteiger charge is 2.22. The molecule has 0 spiro atoms. The lowest BCUT2D eigenvalue weighted by Crippen LogP contribution is -2.44. The van der Waals surface area contributed by atoms with Gasteiger partial charge in [0.1, 0.15) is 5.82 Å². The van der Waals surface area contributed by atoms with Crippen molar-refractivity contribution in [2.45, 2.75) is 39.2 Å². The number of aromatic nitrogens is 1. The van der Waals surface area contributed by atoms with Crippen molar-refractivity contribution in [3.05, 3.63) is 47.5 Å². The fraction of sp³-hybridized carbons (Fsp3) is 0.421. The number of nitrogen functional groups attached to an aromatic ring is 1. The molecule has 2 atom stereocenters. The molecule has 0 radical (unpaired) electrons. The summed E-state index contributed by atoms with van der Waals surface area (Å²) in [4.78, 5) is 6.84. The first-order valence-electron chi connectivity index (χ1n) is 8.38. The van der Waals surface area contributed by atoms with Crippen LogP contribution in [-0.4, -0.2) is 40.3 Å². The van der Waals surface area contributed by atoms with E-state index >= 15 is 0 Å². The molecule has 3 rings (SSSR count). The van der Waals surface area contributed by atoms with Crippen molar-refractivity contribution < 1.29 is 9.84 Å². The van der Waals surface area contributed by atoms with E-state index in [4.69, 9.17) is 10.5 Å². The fourth-order valence-corrected chi connectivity index (χ4v) is 3.42. The lowest BCUT2D eigenvalue weighted by molar-refractivity contribution is -0.0704. The predicted molar refractivity (Wildman–Crippen MR) is 95.3 cm³/mol. The van der Waals surface area contributed by atoms with Gasteiger partial charge in [-0.25, -0.2) is 4.98 Å². The predicted octanol–water partition coefficient (Wildman–Crippen LogP) is 2.43. The van der Waals surface area contributed by atoms with Gasteiger partial charge in [-0.1, -0.05) is 24.3 Å². The third kappa shape index (κ3) is 3.93. The number of aliphatic hydroxyl groups excluding tert-OH is 1. The Kier molecular flexibility index (Phi) is 5.14. The van der Waals surface area contributed by atoms with Gasteiger partial charge < -0.3 is 15.6 Å². The van der Waals surface area contributed by atoms with E-state index in [0.717, 1.165) is 42.0 Å². The van der Waals surface area contributed by atoms with Crippen LogP contribution in [0.2, 0.25) is 0 Å². The minimum absolute atomic E-state index is 0.0134. The lowest BCUT2D eigenvalue weighted by Gasteiger charge is -2.35. The second-order valence-electron chi connectivity index (χ2n) is 6.55. The van der Waals surface area contributed by atoms with Crippen LogP contribution in [0.4, 0.5) is 5.82 Å². The Hall–Kier alpha value is -1.95. The van der Waals surface area contributed by atoms with Crippen LogP contribution < -0.4 is 5.73 Å². The van der Waals surface area contributed by atoms with E-state index in [2.05, 4.69) is 29.8 Å². The fourth-order valence-electron chi connectivity index (χ4n) is 3.42. The summed E-state index contributed by atoms with van der Waals surface area (Å²) >= 11 is 0. The zero-order chi connectivity index (χ0) is 17.1. The Balaban J connectivity index is 1.86. The average Bonchev–Trinajstić information content (AvgIpc) is 2.53. The van der Waals surface area contributed by atoms with Gasteiger partial charge >= 0.3 is 0 Å². The second kappa shape index (κ2) is 7.30. The summed E-state index contributed by atoms with van der Waals surface area (Å²) in [6.07, 6.45) is 0.477. The van der Waals surface area contributed by atoms with E-state index in [-0.39, 0.29) is 18.8 Å². The summed E-state index contributed by atoms with van der Waals surface area (Å²) in [6, 6.07) is 11.7. The number of nitrogens with zero attached hydrogens (tertiary/aromatic N) is 2. The molecule has 0 unspecified atom stereocenters. The summed E-state index contributed by atoms with van der Waals surface area (Å²) in [5, 5.41) is 9.56. The first-order valence-corrected chi connectivity index (χ1v) is 8.38. The van der Waals surface area contributed by atoms with Crippen molar-refractivity contribution >= 4 is 5.82 Å². The number of rotatable bonds is 4. The molecule has 5 heteroatoms. The van der Waals surface area contributed by atoms with Crippen molar-refractivity contribution in [3.8, 4) is 11.3 Å². The lowest BCUT2D eigenvalue weighted by atomic mass is 10.0. The molecule has 1 aromatic carbocycles. The molecule has 24 heavy (non-hydrogen) atoms. The first kappa shape index (κ1) is 16.9. The molecule has 1 aromatic heterocycles. The molecule has 5 nitrogen and oxygen atoms in total. The molecule has 128 valence electrons. The molecule has 0 aliphatic carbocycles. The molecule has 0 saturated carbocycles. The molecule has 1 aliphatic rings. The third-order valence-electron chi connectivity index (χ3n) is 4.27. The Morgan fingerprint density at radius 1 is 1.21 bits per heavy atom. The SMILES string of the molecule is C[C@@H]1CN(Cc2cc(N)nc(-c3ccccc3CO)c2)C[C@H](C)O1. The van der Waals surface area contributed by atoms with E-state index < -0.39 is 0 Å². The van der Waals surface area contributed by atoms with Gasteiger partial charge in [0.05, 0.1) is 24.5 Å². The number of benzene rings is 1. The summed E-state index contributed by atoms with van der Waals surface area (Å²) in [7, 11) is 0. The smallest absolute Gasteiger partial charge is 0.124 e. The molecule has 0 amide bonds. The topological polar surface area (TPSA) is 71.6 Å². The van der Waals surface area contributed by atoms with Gasteiger partial charge in [-0.15, -0.1) is 0 Å². The number of nitrogens with two attached hydrogens (primary N) is 1. The molecule has 2 heterocycles. The number of aliphatic hydroxyl groups is 1. The van der Waals surface area contributed by atoms with Gasteiger partial charge in [-0.05, 0) is 37.1 Å². The number of hydrogen-bond donors (Lipinski definition) is 2. The van der Waals surface area contributed by atoms with E-state index in [1.54, 1.807) is 0 Å². The van der Waals surface area contributed by atoms with Gasteiger partial charge in [0.15, 0.2) is 0 Å². The summed E-state index contributed by atoms with van der Waals surface area (Å²) in [6.45, 7) is 6.84. The normalized spacial score (nSPS) is 21.8. The Bertz CT molecular complexity index is 695. The minimum atomic E-state index is -0.0134. The summed E-state index contributed by atoms with van der Waals surface area (Å²) in [5.74, 6) is 0.504. The number of morpholine rings is 1. The number of pyridine rings is 1. The van der Waals surface area contributed by atoms with Crippen LogP contribution in [0.15, 0.2) is 36.4 Å². The van der Waals surface area contributed by atoms with E-state index in [1.165, 1.54) is 0 Å². The van der Waals surface area contributed by atoms with E-state index in [9.17, 15) is 5.11 Å². The van der Waals surface area contributed by atoms with Crippen LogP contribution in [0.5, 0.6) is 0 Å². The molecule has 3 N–H and O–H groups in total. The quantitative estimate of drug-likeness (QED) is 0.902. The van der Waals surface area contributed by atoms with Gasteiger partial charge in [0.2, 0.25) is 0 Å². The number of hydrogen-bond acceptors (Lipinski definition) is 5. The number of anilines is 1. The largest absolute Gasteiger partial charge is 0.392 e. The van der Waals surface area contributed by atoms with Crippen molar-refractivity contribution in [2.24, 2.45) is 0 Å². The maximum atomic E-state index is 9.56. The Labute approximate surface area is 143 Å². The van der Waals surface area contributed by atoms with Crippen molar-refractivity contribution in [1.82, 2.24) is 9.88 Å². The van der Waals surface area contributed by atoms with E-state index in [0.29, 0.717) is 5.82 Å². The van der Waals surface area contributed by atoms with Crippen molar-refractivity contribution in [3.63, 3.8) is 0 Å². The standard InChI is InChI=1S/C19H25N3O2/c1-13-9-22(10-14(2)24-13)11-15-7-18(21-19(20)8-15)17-6-4-3-5-16(17)12-23/h3-8,13-14,23H,9-12H2,1-2H3,(H2,20,21)/t13-,14+. The van der Waals surface area contributed by atoms with Gasteiger partial charge in [-0.2, -0.15) is 0 Å². The molecule has 2 aromatic rings. The molecule has 1 aliphatic heterocycles. The minimum Gasteiger partial charge on any atom is -0.392 e. The van der Waals surface area contributed by atoms with Crippen molar-refractivity contribution in [1.29, 1.82) is 0 Å². The summed E-state index contributed by atoms with van der Waals surface area (Å²) < 4.78 is 5.79. The van der Waals surface area contributed by atoms with Crippen LogP contribution in [0.3, 0.4) is 0 Å². The molecular weight excluding hydrogens is 302 g/mol. The third-order valence-corrected chi connectivity index (χ3v) is 4.27. The van der Waals surface area contributed by atoms with Crippen LogP contribution in [0, 0.1) is 0 Å². The first-order chi connectivity index (χ1) is 11.5. The molecule has 1 fully saturated rings. The van der Waals surface area contributed by atoms with E-state index in [1.807, 2.05) is 30.3 Å². The van der Waals surface area contributed by atoms with Gasteiger partial charge in [-0.3, -0.25) is 4.90 Å². The van der Waals surface area contributed by atoms with Crippen LogP contribution in [0.25, 0.3) is 11.3 Å². The highest BCUT2D eigenvalue weighted by atomic mass is 16.5. The van der Waals surface area contributed by atoms with Gasteiger partial charge in [0, 0.05) is 25.2 Å². The monoisotopic (exact) mass is 327 g/mol. The van der Waals surface area contributed by atoms with Crippen molar-refractivity contribution in [2.75, 3.05) is 18.8 Å². The number of ether oxygens (including phenoxy) is 1. The highest BCUT2D eigenvalue weighted by molar-refractivity contribution is 5.65. The van der Waals surface area contributed by atoms with Crippen LogP contribution in [-0.2, 0) is 17.9 Å². The second-order valence-corrected chi connectivity index (χ2v) is 6.55. The highest BCUT2D eigenvalue weighted by Crippen LogP contribution is 2.25. The van der Waals surface area contributed by atoms with Crippen LogP contribution in [0.1, 0.15) is 25.0 Å². The van der Waals surface area contributed by atoms with Gasteiger partial charge in [0.25, 0.3) is 0 Å². The maximum Gasteiger partial charge on any atom is 0.124 e. The molecular formula is C19H25N3O2. The Morgan fingerprint density at radius 2 is 1.92 bits per heavy atom. The molecule has 0 bridgehead atoms. The Morgan fingerprint density at radius 3 is 2.62 bits per heavy atom. The zero-order valence-electron chi connectivity index (χ0n) is 14.3. The molecule has 1 saturated heterocycles.